The summed E-state index contributed by atoms with van der Waals surface area (Å²) >= 11 is 0. The monoisotopic (exact) mass is 237 g/mol. The van der Waals surface area contributed by atoms with Gasteiger partial charge in [0.1, 0.15) is 5.56 Å². The Balaban J connectivity index is 1.96. The van der Waals surface area contributed by atoms with Crippen molar-refractivity contribution in [3.8, 4) is 0 Å². The van der Waals surface area contributed by atoms with Crippen molar-refractivity contribution in [1.82, 2.24) is 10.2 Å². The van der Waals surface area contributed by atoms with E-state index in [1.54, 1.807) is 0 Å². The Morgan fingerprint density at radius 3 is 3.00 bits per heavy atom. The SMILES string of the molecule is O=C(O)c1ccnnc1NCC1CCOCC1. The number of carboxylic acids is 1. The summed E-state index contributed by atoms with van der Waals surface area (Å²) in [5.74, 6) is -0.145. The molecular weight excluding hydrogens is 222 g/mol. The standard InChI is InChI=1S/C11H15N3O3/c15-11(16)9-1-4-13-14-10(9)12-7-8-2-5-17-6-3-8/h1,4,8H,2-3,5-7H2,(H,12,14)(H,15,16). The van der Waals surface area contributed by atoms with E-state index in [1.165, 1.54) is 12.3 Å². The predicted molar refractivity (Wildman–Crippen MR) is 61.0 cm³/mol. The van der Waals surface area contributed by atoms with E-state index < -0.39 is 5.97 Å². The summed E-state index contributed by atoms with van der Waals surface area (Å²) in [6, 6.07) is 1.45. The van der Waals surface area contributed by atoms with Crippen molar-refractivity contribution in [1.29, 1.82) is 0 Å². The van der Waals surface area contributed by atoms with Crippen LogP contribution in [0.3, 0.4) is 0 Å². The second kappa shape index (κ2) is 5.58. The van der Waals surface area contributed by atoms with Crippen LogP contribution < -0.4 is 5.32 Å². The van der Waals surface area contributed by atoms with Crippen molar-refractivity contribution >= 4 is 11.8 Å². The number of aromatic carboxylic acids is 1. The van der Waals surface area contributed by atoms with Crippen LogP contribution in [0.1, 0.15) is 23.2 Å². The zero-order valence-electron chi connectivity index (χ0n) is 9.43. The summed E-state index contributed by atoms with van der Waals surface area (Å²) < 4.78 is 5.26. The number of aromatic nitrogens is 2. The van der Waals surface area contributed by atoms with E-state index in [-0.39, 0.29) is 5.56 Å². The van der Waals surface area contributed by atoms with Crippen molar-refractivity contribution in [2.24, 2.45) is 5.92 Å². The smallest absolute Gasteiger partial charge is 0.339 e. The third kappa shape index (κ3) is 3.13. The molecule has 17 heavy (non-hydrogen) atoms. The first-order chi connectivity index (χ1) is 8.27. The molecule has 1 aromatic heterocycles. The zero-order chi connectivity index (χ0) is 12.1. The van der Waals surface area contributed by atoms with Crippen LogP contribution in [0.4, 0.5) is 5.82 Å². The van der Waals surface area contributed by atoms with Gasteiger partial charge in [0.15, 0.2) is 5.82 Å². The molecule has 1 aromatic rings. The highest BCUT2D eigenvalue weighted by Gasteiger charge is 2.16. The van der Waals surface area contributed by atoms with Gasteiger partial charge in [-0.1, -0.05) is 0 Å². The number of anilines is 1. The average Bonchev–Trinajstić information content (AvgIpc) is 2.38. The number of rotatable bonds is 4. The Bertz CT molecular complexity index is 391. The lowest BCUT2D eigenvalue weighted by atomic mass is 10.0. The van der Waals surface area contributed by atoms with Gasteiger partial charge in [0.05, 0.1) is 6.20 Å². The Kier molecular flexibility index (Phi) is 3.87. The normalized spacial score (nSPS) is 16.7. The topological polar surface area (TPSA) is 84.3 Å². The fraction of sp³-hybridized carbons (Fsp3) is 0.545. The van der Waals surface area contributed by atoms with Crippen LogP contribution in [0.25, 0.3) is 0 Å². The average molecular weight is 237 g/mol. The summed E-state index contributed by atoms with van der Waals surface area (Å²) in [5.41, 5.74) is 0.159. The first-order valence-electron chi connectivity index (χ1n) is 5.64. The molecule has 2 heterocycles. The molecule has 1 saturated heterocycles. The molecule has 1 aliphatic heterocycles. The molecule has 0 bridgehead atoms. The van der Waals surface area contributed by atoms with Gasteiger partial charge in [-0.15, -0.1) is 5.10 Å². The van der Waals surface area contributed by atoms with E-state index >= 15 is 0 Å². The Morgan fingerprint density at radius 2 is 2.29 bits per heavy atom. The number of nitrogens with one attached hydrogen (secondary N) is 1. The molecule has 0 saturated carbocycles. The van der Waals surface area contributed by atoms with E-state index in [9.17, 15) is 4.79 Å². The molecule has 0 radical (unpaired) electrons. The maximum Gasteiger partial charge on any atom is 0.339 e. The minimum atomic E-state index is -0.991. The van der Waals surface area contributed by atoms with Crippen LogP contribution >= 0.6 is 0 Å². The quantitative estimate of drug-likeness (QED) is 0.813. The second-order valence-electron chi connectivity index (χ2n) is 4.04. The molecule has 0 atom stereocenters. The number of carboxylic acid groups (broad SMARTS) is 1. The van der Waals surface area contributed by atoms with E-state index in [4.69, 9.17) is 9.84 Å². The minimum Gasteiger partial charge on any atom is -0.478 e. The summed E-state index contributed by atoms with van der Waals surface area (Å²) in [4.78, 5) is 10.9. The predicted octanol–water partition coefficient (Wildman–Crippen LogP) is 1.01. The number of carbonyl (C=O) groups is 1. The fourth-order valence-electron chi connectivity index (χ4n) is 1.83. The second-order valence-corrected chi connectivity index (χ2v) is 4.04. The number of hydrogen-bond donors (Lipinski definition) is 2. The van der Waals surface area contributed by atoms with Gasteiger partial charge < -0.3 is 15.2 Å². The van der Waals surface area contributed by atoms with Crippen molar-refractivity contribution in [3.05, 3.63) is 17.8 Å². The summed E-state index contributed by atoms with van der Waals surface area (Å²) in [6.07, 6.45) is 3.37. The van der Waals surface area contributed by atoms with Crippen LogP contribution in [0.2, 0.25) is 0 Å². The van der Waals surface area contributed by atoms with E-state index in [1.807, 2.05) is 0 Å². The van der Waals surface area contributed by atoms with Gasteiger partial charge >= 0.3 is 5.97 Å². The number of ether oxygens (including phenoxy) is 1. The highest BCUT2D eigenvalue weighted by atomic mass is 16.5. The molecule has 0 spiro atoms. The van der Waals surface area contributed by atoms with Crippen molar-refractivity contribution in [2.75, 3.05) is 25.1 Å². The lowest BCUT2D eigenvalue weighted by Gasteiger charge is -2.22. The largest absolute Gasteiger partial charge is 0.478 e. The van der Waals surface area contributed by atoms with Gasteiger partial charge in [-0.2, -0.15) is 5.10 Å². The molecule has 0 aliphatic carbocycles. The van der Waals surface area contributed by atoms with Gasteiger partial charge in [0.2, 0.25) is 0 Å². The van der Waals surface area contributed by atoms with Crippen molar-refractivity contribution in [3.63, 3.8) is 0 Å². The van der Waals surface area contributed by atoms with Crippen LogP contribution in [0.15, 0.2) is 12.3 Å². The molecule has 6 heteroatoms. The summed E-state index contributed by atoms with van der Waals surface area (Å²) in [7, 11) is 0. The number of nitrogens with zero attached hydrogens (tertiary/aromatic N) is 2. The molecule has 1 aliphatic rings. The molecule has 2 rings (SSSR count). The summed E-state index contributed by atoms with van der Waals surface area (Å²) in [6.45, 7) is 2.26. The molecular formula is C11H15N3O3. The lowest BCUT2D eigenvalue weighted by Crippen LogP contribution is -2.23. The van der Waals surface area contributed by atoms with Gasteiger partial charge in [-0.05, 0) is 24.8 Å². The number of hydrogen-bond acceptors (Lipinski definition) is 5. The maximum absolute atomic E-state index is 10.9. The minimum absolute atomic E-state index is 0.159. The molecule has 0 amide bonds. The zero-order valence-corrected chi connectivity index (χ0v) is 9.43. The van der Waals surface area contributed by atoms with E-state index in [2.05, 4.69) is 15.5 Å². The molecule has 0 unspecified atom stereocenters. The highest BCUT2D eigenvalue weighted by molar-refractivity contribution is 5.92. The van der Waals surface area contributed by atoms with E-state index in [0.29, 0.717) is 18.3 Å². The molecule has 1 fully saturated rings. The molecule has 2 N–H and O–H groups in total. The van der Waals surface area contributed by atoms with Crippen LogP contribution in [-0.2, 0) is 4.74 Å². The third-order valence-corrected chi connectivity index (χ3v) is 2.85. The molecule has 6 nitrogen and oxygen atoms in total. The Hall–Kier alpha value is -1.69. The van der Waals surface area contributed by atoms with Crippen molar-refractivity contribution < 1.29 is 14.6 Å². The Morgan fingerprint density at radius 1 is 1.53 bits per heavy atom. The van der Waals surface area contributed by atoms with Crippen LogP contribution in [0.5, 0.6) is 0 Å². The van der Waals surface area contributed by atoms with Crippen LogP contribution in [0, 0.1) is 5.92 Å². The fourth-order valence-corrected chi connectivity index (χ4v) is 1.83. The Labute approximate surface area is 99.0 Å². The van der Waals surface area contributed by atoms with Gasteiger partial charge in [-0.3, -0.25) is 0 Å². The highest BCUT2D eigenvalue weighted by Crippen LogP contribution is 2.16. The first kappa shape index (κ1) is 11.8. The van der Waals surface area contributed by atoms with E-state index in [0.717, 1.165) is 26.1 Å². The van der Waals surface area contributed by atoms with Crippen LogP contribution in [-0.4, -0.2) is 41.0 Å². The lowest BCUT2D eigenvalue weighted by molar-refractivity contribution is 0.0688. The van der Waals surface area contributed by atoms with Gasteiger partial charge in [0, 0.05) is 19.8 Å². The van der Waals surface area contributed by atoms with Gasteiger partial charge in [-0.25, -0.2) is 4.79 Å². The summed E-state index contributed by atoms with van der Waals surface area (Å²) in [5, 5.41) is 19.5. The van der Waals surface area contributed by atoms with Crippen molar-refractivity contribution in [2.45, 2.75) is 12.8 Å². The first-order valence-corrected chi connectivity index (χ1v) is 5.64. The van der Waals surface area contributed by atoms with Gasteiger partial charge in [0.25, 0.3) is 0 Å². The molecule has 92 valence electrons. The maximum atomic E-state index is 10.9. The molecule has 0 aromatic carbocycles. The third-order valence-electron chi connectivity index (χ3n) is 2.85.